The number of nitrogens with one attached hydrogen (secondary N) is 2. The molecule has 1 aromatic rings. The Morgan fingerprint density at radius 1 is 0.833 bits per heavy atom. The molecule has 0 radical (unpaired) electrons. The number of quaternary nitrogens is 2. The zero-order chi connectivity index (χ0) is 14.7. The van der Waals surface area contributed by atoms with E-state index in [0.717, 1.165) is 5.56 Å². The van der Waals surface area contributed by atoms with Crippen LogP contribution >= 0.6 is 0 Å². The highest BCUT2D eigenvalue weighted by atomic mass is 16.4. The molecule has 0 saturated heterocycles. The molecule has 4 nitrogen and oxygen atoms in total. The lowest BCUT2D eigenvalue weighted by molar-refractivity contribution is -0.836. The number of aryl methyl sites for hydroxylation is 1. The summed E-state index contributed by atoms with van der Waals surface area (Å²) in [5, 5.41) is 20.8. The third-order valence-electron chi connectivity index (χ3n) is 1.44. The van der Waals surface area contributed by atoms with Gasteiger partial charge in [0, 0.05) is 0 Å². The molecular formula is C13H27BN2O2. The van der Waals surface area contributed by atoms with Crippen LogP contribution in [0.5, 0.6) is 0 Å². The summed E-state index contributed by atoms with van der Waals surface area (Å²) in [4.78, 5) is 2.83. The first kappa shape index (κ1) is 19.5. The number of benzene rings is 1. The third kappa shape index (κ3) is 15.1. The lowest BCUT2D eigenvalue weighted by atomic mass is 9.77. The fraction of sp³-hybridized carbons (Fsp3) is 0.538. The zero-order valence-corrected chi connectivity index (χ0v) is 12.7. The molecule has 0 heterocycles. The van der Waals surface area contributed by atoms with Crippen molar-refractivity contribution in [3.63, 3.8) is 0 Å². The average molecular weight is 254 g/mol. The summed E-state index contributed by atoms with van der Waals surface area (Å²) in [6, 6.07) is 6.84. The van der Waals surface area contributed by atoms with Crippen LogP contribution in [0.1, 0.15) is 5.56 Å². The predicted octanol–water partition coefficient (Wildman–Crippen LogP) is -4.07. The minimum absolute atomic E-state index is 0.350. The number of rotatable bonds is 1. The standard InChI is InChI=1S/C7H7BO2.2C3H9N/c1-6-4-2-3-5-7(6)8(9)10;2*1-4(2)3/h2-5H,1H3;2*1-3H3/q-2;;/p+2. The molecule has 0 saturated carbocycles. The second kappa shape index (κ2) is 11.2. The molecule has 5 heteroatoms. The van der Waals surface area contributed by atoms with E-state index in [0.29, 0.717) is 5.46 Å². The van der Waals surface area contributed by atoms with Gasteiger partial charge in [0.1, 0.15) is 0 Å². The largest absolute Gasteiger partial charge is 0.889 e. The van der Waals surface area contributed by atoms with E-state index in [-0.39, 0.29) is 0 Å². The molecule has 0 aliphatic heterocycles. The van der Waals surface area contributed by atoms with Crippen LogP contribution in [0.3, 0.4) is 0 Å². The zero-order valence-electron chi connectivity index (χ0n) is 12.7. The van der Waals surface area contributed by atoms with Gasteiger partial charge in [-0.3, -0.25) is 0 Å². The summed E-state index contributed by atoms with van der Waals surface area (Å²) in [5.41, 5.74) is 1.13. The SMILES string of the molecule is C[NH+](C)C.C[NH+](C)C.Cc1ccccc1B([O-])[O-]. The maximum atomic E-state index is 10.4. The highest BCUT2D eigenvalue weighted by Gasteiger charge is 1.89. The molecule has 1 aromatic carbocycles. The number of hydrogen-bond acceptors (Lipinski definition) is 2. The third-order valence-corrected chi connectivity index (χ3v) is 1.44. The average Bonchev–Trinajstić information content (AvgIpc) is 2.15. The van der Waals surface area contributed by atoms with Gasteiger partial charge >= 0.3 is 0 Å². The van der Waals surface area contributed by atoms with E-state index in [1.165, 1.54) is 9.80 Å². The summed E-state index contributed by atoms with van der Waals surface area (Å²) in [6.07, 6.45) is 0. The molecule has 0 aliphatic rings. The van der Waals surface area contributed by atoms with Crippen molar-refractivity contribution in [1.82, 2.24) is 0 Å². The Kier molecular flexibility index (Phi) is 12.1. The molecule has 0 spiro atoms. The van der Waals surface area contributed by atoms with Crippen molar-refractivity contribution in [2.24, 2.45) is 0 Å². The second-order valence-corrected chi connectivity index (χ2v) is 5.19. The van der Waals surface area contributed by atoms with Crippen molar-refractivity contribution in [2.45, 2.75) is 6.92 Å². The summed E-state index contributed by atoms with van der Waals surface area (Å²) < 4.78 is 0. The summed E-state index contributed by atoms with van der Waals surface area (Å²) in [7, 11) is 10.7. The van der Waals surface area contributed by atoms with E-state index >= 15 is 0 Å². The van der Waals surface area contributed by atoms with Gasteiger partial charge in [-0.05, 0) is 6.92 Å². The minimum atomic E-state index is -1.85. The van der Waals surface area contributed by atoms with Gasteiger partial charge in [-0.15, -0.1) is 5.46 Å². The lowest BCUT2D eigenvalue weighted by Crippen LogP contribution is -3.02. The van der Waals surface area contributed by atoms with Gasteiger partial charge in [-0.2, -0.15) is 0 Å². The summed E-state index contributed by atoms with van der Waals surface area (Å²) >= 11 is 0. The minimum Gasteiger partial charge on any atom is -0.889 e. The van der Waals surface area contributed by atoms with Gasteiger partial charge in [0.15, 0.2) is 0 Å². The fourth-order valence-corrected chi connectivity index (χ4v) is 0.851. The van der Waals surface area contributed by atoms with E-state index in [1.807, 2.05) is 0 Å². The monoisotopic (exact) mass is 254 g/mol. The van der Waals surface area contributed by atoms with E-state index in [1.54, 1.807) is 31.2 Å². The molecule has 0 unspecified atom stereocenters. The lowest BCUT2D eigenvalue weighted by Gasteiger charge is -2.28. The van der Waals surface area contributed by atoms with Crippen molar-refractivity contribution >= 4 is 12.6 Å². The Hall–Kier alpha value is -0.875. The van der Waals surface area contributed by atoms with Crippen molar-refractivity contribution in [3.05, 3.63) is 29.8 Å². The first-order chi connectivity index (χ1) is 8.18. The summed E-state index contributed by atoms with van der Waals surface area (Å²) in [5.74, 6) is 0. The number of hydrogen-bond donors (Lipinski definition) is 2. The van der Waals surface area contributed by atoms with Gasteiger partial charge < -0.3 is 19.8 Å². The first-order valence-electron chi connectivity index (χ1n) is 6.09. The molecule has 2 N–H and O–H groups in total. The van der Waals surface area contributed by atoms with Crippen molar-refractivity contribution in [2.75, 3.05) is 42.3 Å². The molecule has 0 atom stereocenters. The van der Waals surface area contributed by atoms with Crippen LogP contribution < -0.4 is 25.3 Å². The molecule has 0 fully saturated rings. The van der Waals surface area contributed by atoms with Crippen molar-refractivity contribution in [3.8, 4) is 0 Å². The van der Waals surface area contributed by atoms with E-state index in [4.69, 9.17) is 0 Å². The van der Waals surface area contributed by atoms with Crippen molar-refractivity contribution < 1.29 is 19.8 Å². The summed E-state index contributed by atoms with van der Waals surface area (Å²) in [6.45, 7) is 1.76. The van der Waals surface area contributed by atoms with Crippen LogP contribution in [0.2, 0.25) is 0 Å². The van der Waals surface area contributed by atoms with E-state index in [2.05, 4.69) is 42.3 Å². The van der Waals surface area contributed by atoms with Crippen molar-refractivity contribution in [1.29, 1.82) is 0 Å². The second-order valence-electron chi connectivity index (χ2n) is 5.19. The highest BCUT2D eigenvalue weighted by molar-refractivity contribution is 6.55. The van der Waals surface area contributed by atoms with Crippen LogP contribution in [-0.4, -0.2) is 49.4 Å². The van der Waals surface area contributed by atoms with Gasteiger partial charge in [0.05, 0.1) is 42.3 Å². The molecule has 0 aliphatic carbocycles. The Labute approximate surface area is 112 Å². The first-order valence-corrected chi connectivity index (χ1v) is 6.09. The molecule has 0 amide bonds. The smallest absolute Gasteiger partial charge is 0.0661 e. The Morgan fingerprint density at radius 3 is 1.39 bits per heavy atom. The molecule has 0 aromatic heterocycles. The fourth-order valence-electron chi connectivity index (χ4n) is 0.851. The van der Waals surface area contributed by atoms with Gasteiger partial charge in [-0.1, -0.05) is 36.9 Å². The maximum Gasteiger partial charge on any atom is 0.0661 e. The van der Waals surface area contributed by atoms with Crippen LogP contribution in [0.25, 0.3) is 0 Å². The van der Waals surface area contributed by atoms with Crippen LogP contribution in [-0.2, 0) is 0 Å². The Morgan fingerprint density at radius 2 is 1.17 bits per heavy atom. The molecular weight excluding hydrogens is 227 g/mol. The quantitative estimate of drug-likeness (QED) is 0.501. The normalized spacial score (nSPS) is 9.28. The van der Waals surface area contributed by atoms with E-state index < -0.39 is 7.12 Å². The maximum absolute atomic E-state index is 10.4. The van der Waals surface area contributed by atoms with Crippen LogP contribution in [0, 0.1) is 6.92 Å². The Balaban J connectivity index is 0. The molecule has 0 bridgehead atoms. The topological polar surface area (TPSA) is 55.0 Å². The van der Waals surface area contributed by atoms with Crippen LogP contribution in [0.4, 0.5) is 0 Å². The molecule has 1 rings (SSSR count). The molecule has 104 valence electrons. The van der Waals surface area contributed by atoms with E-state index in [9.17, 15) is 10.0 Å². The van der Waals surface area contributed by atoms with Crippen LogP contribution in [0.15, 0.2) is 24.3 Å². The molecule has 18 heavy (non-hydrogen) atoms. The Bertz CT molecular complexity index is 293. The van der Waals surface area contributed by atoms with Gasteiger partial charge in [-0.25, -0.2) is 0 Å². The predicted molar refractivity (Wildman–Crippen MR) is 74.0 cm³/mol. The van der Waals surface area contributed by atoms with Gasteiger partial charge in [0.25, 0.3) is 0 Å². The van der Waals surface area contributed by atoms with Gasteiger partial charge in [0.2, 0.25) is 0 Å². The highest BCUT2D eigenvalue weighted by Crippen LogP contribution is 1.90.